The lowest BCUT2D eigenvalue weighted by Gasteiger charge is -2.27. The van der Waals surface area contributed by atoms with Crippen molar-refractivity contribution in [1.82, 2.24) is 9.91 Å². The molecular formula is C26H31N3O3. The average Bonchev–Trinajstić information content (AvgIpc) is 3.56. The van der Waals surface area contributed by atoms with Crippen molar-refractivity contribution < 1.29 is 14.3 Å². The summed E-state index contributed by atoms with van der Waals surface area (Å²) in [5.74, 6) is -0.0650. The van der Waals surface area contributed by atoms with Gasteiger partial charge in [0.1, 0.15) is 6.54 Å². The van der Waals surface area contributed by atoms with Gasteiger partial charge in [-0.15, -0.1) is 0 Å². The van der Waals surface area contributed by atoms with E-state index in [2.05, 4.69) is 32.0 Å². The highest BCUT2D eigenvalue weighted by Gasteiger charge is 2.37. The van der Waals surface area contributed by atoms with Gasteiger partial charge in [-0.05, 0) is 55.0 Å². The second kappa shape index (κ2) is 9.65. The van der Waals surface area contributed by atoms with Crippen LogP contribution in [0.4, 0.5) is 0 Å². The second-order valence-corrected chi connectivity index (χ2v) is 8.74. The van der Waals surface area contributed by atoms with Crippen molar-refractivity contribution in [3.63, 3.8) is 0 Å². The first-order valence-corrected chi connectivity index (χ1v) is 11.3. The number of benzene rings is 2. The largest absolute Gasteiger partial charge is 0.383 e. The van der Waals surface area contributed by atoms with Crippen LogP contribution < -0.4 is 0 Å². The van der Waals surface area contributed by atoms with E-state index < -0.39 is 0 Å². The van der Waals surface area contributed by atoms with Gasteiger partial charge in [-0.3, -0.25) is 9.59 Å². The van der Waals surface area contributed by atoms with Gasteiger partial charge in [-0.2, -0.15) is 5.10 Å². The molecule has 1 fully saturated rings. The van der Waals surface area contributed by atoms with Crippen LogP contribution in [0, 0.1) is 19.8 Å². The molecule has 168 valence electrons. The quantitative estimate of drug-likeness (QED) is 0.635. The van der Waals surface area contributed by atoms with E-state index in [0.29, 0.717) is 19.6 Å². The van der Waals surface area contributed by atoms with Crippen LogP contribution in [0.15, 0.2) is 53.6 Å². The van der Waals surface area contributed by atoms with Crippen molar-refractivity contribution in [1.29, 1.82) is 0 Å². The molecule has 1 atom stereocenters. The van der Waals surface area contributed by atoms with E-state index in [0.717, 1.165) is 29.7 Å². The standard InChI is InChI=1S/C26H31N3O3/c1-18-9-10-22(15-19(18)2)23-16-24(20-7-5-4-6-8-20)29(27-23)25(30)17-28(13-14-32-3)26(31)21-11-12-21/h4-10,15,21,24H,11-14,16-17H2,1-3H3/t24-/m0/s1. The van der Waals surface area contributed by atoms with E-state index >= 15 is 0 Å². The molecule has 1 heterocycles. The first kappa shape index (κ1) is 22.2. The predicted octanol–water partition coefficient (Wildman–Crippen LogP) is 3.87. The third-order valence-corrected chi connectivity index (χ3v) is 6.32. The number of nitrogens with zero attached hydrogens (tertiary/aromatic N) is 3. The van der Waals surface area contributed by atoms with E-state index in [-0.39, 0.29) is 30.3 Å². The number of hydrazone groups is 1. The zero-order chi connectivity index (χ0) is 22.7. The van der Waals surface area contributed by atoms with Gasteiger partial charge in [0, 0.05) is 26.0 Å². The number of hydrogen-bond acceptors (Lipinski definition) is 4. The summed E-state index contributed by atoms with van der Waals surface area (Å²) in [5.41, 5.74) is 5.40. The van der Waals surface area contributed by atoms with Crippen LogP contribution in [0.2, 0.25) is 0 Å². The molecule has 2 aromatic rings. The van der Waals surface area contributed by atoms with Crippen molar-refractivity contribution in [2.75, 3.05) is 26.8 Å². The van der Waals surface area contributed by atoms with Crippen molar-refractivity contribution in [3.8, 4) is 0 Å². The fourth-order valence-corrected chi connectivity index (χ4v) is 4.06. The maximum Gasteiger partial charge on any atom is 0.262 e. The monoisotopic (exact) mass is 433 g/mol. The Balaban J connectivity index is 1.60. The molecule has 0 spiro atoms. The summed E-state index contributed by atoms with van der Waals surface area (Å²) < 4.78 is 5.17. The van der Waals surface area contributed by atoms with E-state index in [1.165, 1.54) is 11.1 Å². The van der Waals surface area contributed by atoms with Gasteiger partial charge in [0.25, 0.3) is 5.91 Å². The fraction of sp³-hybridized carbons (Fsp3) is 0.423. The fourth-order valence-electron chi connectivity index (χ4n) is 4.06. The molecule has 0 unspecified atom stereocenters. The van der Waals surface area contributed by atoms with Gasteiger partial charge in [-0.25, -0.2) is 5.01 Å². The molecule has 0 N–H and O–H groups in total. The van der Waals surface area contributed by atoms with Gasteiger partial charge in [-0.1, -0.05) is 42.5 Å². The van der Waals surface area contributed by atoms with Crippen molar-refractivity contribution in [3.05, 3.63) is 70.8 Å². The molecule has 2 amide bonds. The number of carbonyl (C=O) groups excluding carboxylic acids is 2. The van der Waals surface area contributed by atoms with Gasteiger partial charge in [0.15, 0.2) is 0 Å². The Labute approximate surface area is 189 Å². The summed E-state index contributed by atoms with van der Waals surface area (Å²) in [6.45, 7) is 5.01. The molecule has 1 aliphatic carbocycles. The molecule has 2 aliphatic rings. The van der Waals surface area contributed by atoms with E-state index in [4.69, 9.17) is 9.84 Å². The minimum absolute atomic E-state index is 0.0196. The zero-order valence-electron chi connectivity index (χ0n) is 19.1. The number of carbonyl (C=O) groups is 2. The van der Waals surface area contributed by atoms with E-state index in [9.17, 15) is 9.59 Å². The van der Waals surface area contributed by atoms with Crippen LogP contribution in [-0.2, 0) is 14.3 Å². The van der Waals surface area contributed by atoms with Gasteiger partial charge >= 0.3 is 0 Å². The first-order valence-electron chi connectivity index (χ1n) is 11.3. The molecule has 0 aromatic heterocycles. The average molecular weight is 434 g/mol. The van der Waals surface area contributed by atoms with Crippen LogP contribution in [0.1, 0.15) is 47.6 Å². The maximum absolute atomic E-state index is 13.4. The summed E-state index contributed by atoms with van der Waals surface area (Å²) in [5, 5.41) is 6.35. The first-order chi connectivity index (χ1) is 15.5. The number of ether oxygens (including phenoxy) is 1. The number of aryl methyl sites for hydroxylation is 2. The van der Waals surface area contributed by atoms with Crippen LogP contribution in [0.25, 0.3) is 0 Å². The van der Waals surface area contributed by atoms with E-state index in [1.807, 2.05) is 30.3 Å². The summed E-state index contributed by atoms with van der Waals surface area (Å²) in [6.07, 6.45) is 2.46. The molecule has 1 aliphatic heterocycles. The van der Waals surface area contributed by atoms with Crippen molar-refractivity contribution in [2.24, 2.45) is 11.0 Å². The topological polar surface area (TPSA) is 62.2 Å². The zero-order valence-corrected chi connectivity index (χ0v) is 19.1. The minimum Gasteiger partial charge on any atom is -0.383 e. The van der Waals surface area contributed by atoms with Gasteiger partial charge < -0.3 is 9.64 Å². The smallest absolute Gasteiger partial charge is 0.262 e. The molecule has 32 heavy (non-hydrogen) atoms. The number of rotatable bonds is 8. The number of amides is 2. The van der Waals surface area contributed by atoms with Gasteiger partial charge in [0.2, 0.25) is 5.91 Å². The summed E-state index contributed by atoms with van der Waals surface area (Å²) in [7, 11) is 1.60. The minimum atomic E-state index is -0.180. The summed E-state index contributed by atoms with van der Waals surface area (Å²) in [4.78, 5) is 27.8. The molecule has 6 heteroatoms. The lowest BCUT2D eigenvalue weighted by molar-refractivity contribution is -0.142. The highest BCUT2D eigenvalue weighted by molar-refractivity contribution is 6.03. The Bertz CT molecular complexity index is 1010. The molecule has 0 radical (unpaired) electrons. The van der Waals surface area contributed by atoms with Crippen LogP contribution >= 0.6 is 0 Å². The molecule has 0 bridgehead atoms. The third kappa shape index (κ3) is 4.91. The Hall–Kier alpha value is -2.99. The maximum atomic E-state index is 13.4. The molecule has 2 aromatic carbocycles. The Kier molecular flexibility index (Phi) is 6.70. The normalized spacial score (nSPS) is 17.9. The lowest BCUT2D eigenvalue weighted by atomic mass is 9.96. The Morgan fingerprint density at radius 3 is 2.50 bits per heavy atom. The molecule has 4 rings (SSSR count). The Morgan fingerprint density at radius 1 is 1.09 bits per heavy atom. The molecule has 1 saturated carbocycles. The highest BCUT2D eigenvalue weighted by Crippen LogP contribution is 2.34. The lowest BCUT2D eigenvalue weighted by Crippen LogP contribution is -2.43. The second-order valence-electron chi connectivity index (χ2n) is 8.74. The summed E-state index contributed by atoms with van der Waals surface area (Å²) in [6, 6.07) is 16.1. The number of hydrogen-bond donors (Lipinski definition) is 0. The third-order valence-electron chi connectivity index (χ3n) is 6.32. The summed E-state index contributed by atoms with van der Waals surface area (Å²) >= 11 is 0. The predicted molar refractivity (Wildman–Crippen MR) is 124 cm³/mol. The SMILES string of the molecule is COCCN(CC(=O)N1N=C(c2ccc(C)c(C)c2)C[C@H]1c1ccccc1)C(=O)C1CC1. The van der Waals surface area contributed by atoms with Crippen molar-refractivity contribution in [2.45, 2.75) is 39.2 Å². The number of methoxy groups -OCH3 is 1. The van der Waals surface area contributed by atoms with Crippen molar-refractivity contribution >= 4 is 17.5 Å². The highest BCUT2D eigenvalue weighted by atomic mass is 16.5. The van der Waals surface area contributed by atoms with Gasteiger partial charge in [0.05, 0.1) is 18.4 Å². The Morgan fingerprint density at radius 2 is 1.84 bits per heavy atom. The molecular weight excluding hydrogens is 402 g/mol. The van der Waals surface area contributed by atoms with Crippen LogP contribution in [0.5, 0.6) is 0 Å². The van der Waals surface area contributed by atoms with E-state index in [1.54, 1.807) is 17.0 Å². The molecule has 0 saturated heterocycles. The van der Waals surface area contributed by atoms with Crippen LogP contribution in [-0.4, -0.2) is 54.2 Å². The molecule has 6 nitrogen and oxygen atoms in total. The van der Waals surface area contributed by atoms with Crippen LogP contribution in [0.3, 0.4) is 0 Å².